The predicted molar refractivity (Wildman–Crippen MR) is 82.8 cm³/mol. The number of carbonyl (C=O) groups is 1. The summed E-state index contributed by atoms with van der Waals surface area (Å²) in [7, 11) is 1.57. The molecule has 0 spiro atoms. The fourth-order valence-electron chi connectivity index (χ4n) is 1.84. The summed E-state index contributed by atoms with van der Waals surface area (Å²) in [5.41, 5.74) is 1.89. The molecule has 0 aliphatic heterocycles. The first-order valence-electron chi connectivity index (χ1n) is 6.81. The second-order valence-corrected chi connectivity index (χ2v) is 4.73. The van der Waals surface area contributed by atoms with Crippen LogP contribution in [0.5, 0.6) is 11.5 Å². The topological polar surface area (TPSA) is 47.6 Å². The number of nitrogens with one attached hydrogen (secondary N) is 1. The minimum Gasteiger partial charge on any atom is -0.457 e. The number of ether oxygens (including phenoxy) is 2. The molecular formula is C17H19NO3. The normalized spacial score (nSPS) is 10.2. The molecule has 110 valence electrons. The number of anilines is 1. The molecule has 4 heteroatoms. The summed E-state index contributed by atoms with van der Waals surface area (Å²) in [5, 5.41) is 2.80. The Morgan fingerprint density at radius 3 is 2.52 bits per heavy atom. The van der Waals surface area contributed by atoms with Crippen molar-refractivity contribution in [3.05, 3.63) is 54.1 Å². The Labute approximate surface area is 124 Å². The van der Waals surface area contributed by atoms with Gasteiger partial charge in [-0.1, -0.05) is 12.1 Å². The maximum atomic E-state index is 11.6. The lowest BCUT2D eigenvalue weighted by atomic mass is 10.2. The molecule has 0 saturated carbocycles. The SMILES string of the molecule is COCCC(=O)Nc1ccc(Oc2cccc(C)c2)cc1. The van der Waals surface area contributed by atoms with E-state index in [1.165, 1.54) is 0 Å². The first-order chi connectivity index (χ1) is 10.2. The molecule has 2 aromatic rings. The Kier molecular flexibility index (Phi) is 5.35. The summed E-state index contributed by atoms with van der Waals surface area (Å²) in [6, 6.07) is 15.1. The first kappa shape index (κ1) is 15.1. The summed E-state index contributed by atoms with van der Waals surface area (Å²) in [5.74, 6) is 1.46. The Morgan fingerprint density at radius 2 is 1.86 bits per heavy atom. The van der Waals surface area contributed by atoms with Gasteiger partial charge in [0.05, 0.1) is 13.0 Å². The molecule has 21 heavy (non-hydrogen) atoms. The van der Waals surface area contributed by atoms with Crippen LogP contribution in [-0.4, -0.2) is 19.6 Å². The van der Waals surface area contributed by atoms with Crippen molar-refractivity contribution < 1.29 is 14.3 Å². The van der Waals surface area contributed by atoms with Gasteiger partial charge in [0.1, 0.15) is 11.5 Å². The largest absolute Gasteiger partial charge is 0.457 e. The van der Waals surface area contributed by atoms with Crippen LogP contribution in [0.3, 0.4) is 0 Å². The van der Waals surface area contributed by atoms with Crippen LogP contribution in [0.25, 0.3) is 0 Å². The van der Waals surface area contributed by atoms with E-state index in [0.717, 1.165) is 22.7 Å². The van der Waals surface area contributed by atoms with E-state index in [-0.39, 0.29) is 5.91 Å². The third-order valence-corrected chi connectivity index (χ3v) is 2.90. The molecule has 1 amide bonds. The van der Waals surface area contributed by atoms with Crippen LogP contribution in [0.2, 0.25) is 0 Å². The van der Waals surface area contributed by atoms with Gasteiger partial charge in [0, 0.05) is 12.8 Å². The van der Waals surface area contributed by atoms with Crippen molar-refractivity contribution >= 4 is 11.6 Å². The molecule has 0 aliphatic carbocycles. The highest BCUT2D eigenvalue weighted by Crippen LogP contribution is 2.23. The lowest BCUT2D eigenvalue weighted by Gasteiger charge is -2.08. The zero-order valence-corrected chi connectivity index (χ0v) is 12.3. The molecule has 0 heterocycles. The molecule has 2 rings (SSSR count). The molecule has 0 atom stereocenters. The van der Waals surface area contributed by atoms with Gasteiger partial charge in [0.25, 0.3) is 0 Å². The summed E-state index contributed by atoms with van der Waals surface area (Å²) < 4.78 is 10.6. The molecule has 1 N–H and O–H groups in total. The van der Waals surface area contributed by atoms with Gasteiger partial charge in [0.2, 0.25) is 5.91 Å². The van der Waals surface area contributed by atoms with E-state index in [2.05, 4.69) is 5.32 Å². The van der Waals surface area contributed by atoms with Crippen molar-refractivity contribution in [1.29, 1.82) is 0 Å². The van der Waals surface area contributed by atoms with Crippen molar-refractivity contribution in [3.63, 3.8) is 0 Å². The number of hydrogen-bond acceptors (Lipinski definition) is 3. The van der Waals surface area contributed by atoms with E-state index in [4.69, 9.17) is 9.47 Å². The molecule has 4 nitrogen and oxygen atoms in total. The lowest BCUT2D eigenvalue weighted by molar-refractivity contribution is -0.117. The first-order valence-corrected chi connectivity index (χ1v) is 6.81. The van der Waals surface area contributed by atoms with E-state index in [1.807, 2.05) is 55.5 Å². The molecule has 0 bridgehead atoms. The molecule has 0 saturated heterocycles. The van der Waals surface area contributed by atoms with Gasteiger partial charge in [-0.05, 0) is 48.9 Å². The van der Waals surface area contributed by atoms with Crippen LogP contribution < -0.4 is 10.1 Å². The highest BCUT2D eigenvalue weighted by molar-refractivity contribution is 5.90. The van der Waals surface area contributed by atoms with Crippen LogP contribution in [-0.2, 0) is 9.53 Å². The smallest absolute Gasteiger partial charge is 0.226 e. The Bertz CT molecular complexity index is 593. The molecule has 0 unspecified atom stereocenters. The predicted octanol–water partition coefficient (Wildman–Crippen LogP) is 3.76. The van der Waals surface area contributed by atoms with Gasteiger partial charge in [-0.3, -0.25) is 4.79 Å². The third kappa shape index (κ3) is 4.93. The minimum atomic E-state index is -0.0656. The van der Waals surface area contributed by atoms with E-state index in [0.29, 0.717) is 13.0 Å². The number of benzene rings is 2. The van der Waals surface area contributed by atoms with E-state index < -0.39 is 0 Å². The lowest BCUT2D eigenvalue weighted by Crippen LogP contribution is -2.13. The van der Waals surface area contributed by atoms with Gasteiger partial charge >= 0.3 is 0 Å². The minimum absolute atomic E-state index is 0.0656. The van der Waals surface area contributed by atoms with E-state index in [1.54, 1.807) is 7.11 Å². The van der Waals surface area contributed by atoms with Crippen LogP contribution in [0.15, 0.2) is 48.5 Å². The second kappa shape index (κ2) is 7.45. The Balaban J connectivity index is 1.94. The van der Waals surface area contributed by atoms with Crippen LogP contribution in [0.4, 0.5) is 5.69 Å². The molecule has 0 fully saturated rings. The van der Waals surface area contributed by atoms with Gasteiger partial charge in [-0.25, -0.2) is 0 Å². The quantitative estimate of drug-likeness (QED) is 0.879. The highest BCUT2D eigenvalue weighted by atomic mass is 16.5. The van der Waals surface area contributed by atoms with Gasteiger partial charge in [-0.15, -0.1) is 0 Å². The summed E-state index contributed by atoms with van der Waals surface area (Å²) in [6.45, 7) is 2.44. The third-order valence-electron chi connectivity index (χ3n) is 2.90. The number of hydrogen-bond donors (Lipinski definition) is 1. The number of carbonyl (C=O) groups excluding carboxylic acids is 1. The maximum Gasteiger partial charge on any atom is 0.226 e. The molecular weight excluding hydrogens is 266 g/mol. The summed E-state index contributed by atoms with van der Waals surface area (Å²) in [6.07, 6.45) is 0.345. The van der Waals surface area contributed by atoms with E-state index in [9.17, 15) is 4.79 Å². The van der Waals surface area contributed by atoms with Crippen molar-refractivity contribution in [2.24, 2.45) is 0 Å². The van der Waals surface area contributed by atoms with Crippen molar-refractivity contribution in [2.75, 3.05) is 19.0 Å². The van der Waals surface area contributed by atoms with Crippen LogP contribution in [0, 0.1) is 6.92 Å². The van der Waals surface area contributed by atoms with Crippen LogP contribution in [0.1, 0.15) is 12.0 Å². The summed E-state index contributed by atoms with van der Waals surface area (Å²) in [4.78, 5) is 11.6. The zero-order valence-electron chi connectivity index (χ0n) is 12.3. The average molecular weight is 285 g/mol. The number of methoxy groups -OCH3 is 1. The number of aryl methyl sites for hydroxylation is 1. The fourth-order valence-corrected chi connectivity index (χ4v) is 1.84. The van der Waals surface area contributed by atoms with E-state index >= 15 is 0 Å². The fraction of sp³-hybridized carbons (Fsp3) is 0.235. The van der Waals surface area contributed by atoms with Crippen LogP contribution >= 0.6 is 0 Å². The monoisotopic (exact) mass is 285 g/mol. The zero-order chi connectivity index (χ0) is 15.1. The average Bonchev–Trinajstić information content (AvgIpc) is 2.47. The number of amides is 1. The van der Waals surface area contributed by atoms with Gasteiger partial charge in [-0.2, -0.15) is 0 Å². The van der Waals surface area contributed by atoms with Crippen molar-refractivity contribution in [2.45, 2.75) is 13.3 Å². The van der Waals surface area contributed by atoms with Gasteiger partial charge < -0.3 is 14.8 Å². The van der Waals surface area contributed by atoms with Crippen molar-refractivity contribution in [3.8, 4) is 11.5 Å². The summed E-state index contributed by atoms with van der Waals surface area (Å²) >= 11 is 0. The van der Waals surface area contributed by atoms with Gasteiger partial charge in [0.15, 0.2) is 0 Å². The molecule has 0 aliphatic rings. The van der Waals surface area contributed by atoms with Crippen molar-refractivity contribution in [1.82, 2.24) is 0 Å². The Hall–Kier alpha value is -2.33. The standard InChI is InChI=1S/C17H19NO3/c1-13-4-3-5-16(12-13)21-15-8-6-14(7-9-15)18-17(19)10-11-20-2/h3-9,12H,10-11H2,1-2H3,(H,18,19). The second-order valence-electron chi connectivity index (χ2n) is 4.73. The highest BCUT2D eigenvalue weighted by Gasteiger charge is 2.03. The Morgan fingerprint density at radius 1 is 1.10 bits per heavy atom. The number of rotatable bonds is 6. The molecule has 0 aromatic heterocycles. The maximum absolute atomic E-state index is 11.6. The molecule has 2 aromatic carbocycles. The molecule has 0 radical (unpaired) electrons.